The fraction of sp³-hybridized carbons (Fsp3) is 0.421. The molecular weight excluding hydrogens is 391 g/mol. The Labute approximate surface area is 165 Å². The highest BCUT2D eigenvalue weighted by Crippen LogP contribution is 2.22. The molecule has 1 aliphatic rings. The number of nitrogens with zero attached hydrogens (tertiary/aromatic N) is 3. The Kier molecular flexibility index (Phi) is 6.65. The minimum absolute atomic E-state index is 0.0658. The second kappa shape index (κ2) is 9.19. The first-order valence-electron chi connectivity index (χ1n) is 8.94. The Morgan fingerprint density at radius 1 is 1.31 bits per heavy atom. The highest BCUT2D eigenvalue weighted by molar-refractivity contribution is 5.78. The fourth-order valence-corrected chi connectivity index (χ4v) is 2.84. The van der Waals surface area contributed by atoms with E-state index in [9.17, 15) is 23.1 Å². The maximum Gasteiger partial charge on any atom is 0.573 e. The number of carbonyl (C=O) groups excluding carboxylic acids is 1. The van der Waals surface area contributed by atoms with Crippen LogP contribution in [0.1, 0.15) is 17.4 Å². The molecular formula is C19H20F3N3O4. The van der Waals surface area contributed by atoms with Gasteiger partial charge in [-0.05, 0) is 18.2 Å². The first-order valence-corrected chi connectivity index (χ1v) is 8.94. The van der Waals surface area contributed by atoms with Gasteiger partial charge in [0, 0.05) is 36.1 Å². The van der Waals surface area contributed by atoms with E-state index in [1.54, 1.807) is 18.3 Å². The Morgan fingerprint density at radius 2 is 2.10 bits per heavy atom. The lowest BCUT2D eigenvalue weighted by molar-refractivity contribution is -0.274. The van der Waals surface area contributed by atoms with Crippen molar-refractivity contribution in [2.24, 2.45) is 5.92 Å². The number of hydrogen-bond donors (Lipinski definition) is 1. The Bertz CT molecular complexity index is 799. The molecule has 10 heteroatoms. The second-order valence-corrected chi connectivity index (χ2v) is 6.71. The lowest BCUT2D eigenvalue weighted by Gasteiger charge is -2.33. The third-order valence-corrected chi connectivity index (χ3v) is 4.36. The summed E-state index contributed by atoms with van der Waals surface area (Å²) in [6.07, 6.45) is -1.79. The summed E-state index contributed by atoms with van der Waals surface area (Å²) in [6, 6.07) is 5.82. The summed E-state index contributed by atoms with van der Waals surface area (Å²) in [4.78, 5) is 22.1. The van der Waals surface area contributed by atoms with Crippen molar-refractivity contribution in [3.63, 3.8) is 0 Å². The SMILES string of the molecule is O=C(Cc1ccc(OC(F)(F)F)cn1)N(CC1COC1)C[C@@H](O)c1cccnc1. The van der Waals surface area contributed by atoms with Crippen LogP contribution < -0.4 is 4.74 Å². The van der Waals surface area contributed by atoms with Crippen molar-refractivity contribution in [2.45, 2.75) is 18.9 Å². The third-order valence-electron chi connectivity index (χ3n) is 4.36. The molecule has 1 atom stereocenters. The van der Waals surface area contributed by atoms with Gasteiger partial charge in [-0.3, -0.25) is 14.8 Å². The summed E-state index contributed by atoms with van der Waals surface area (Å²) in [5, 5.41) is 10.5. The summed E-state index contributed by atoms with van der Waals surface area (Å²) < 4.78 is 45.6. The topological polar surface area (TPSA) is 84.8 Å². The molecule has 0 radical (unpaired) electrons. The molecule has 0 aromatic carbocycles. The second-order valence-electron chi connectivity index (χ2n) is 6.71. The number of aromatic nitrogens is 2. The largest absolute Gasteiger partial charge is 0.573 e. The van der Waals surface area contributed by atoms with E-state index in [0.29, 0.717) is 31.0 Å². The molecule has 0 aliphatic carbocycles. The molecule has 2 aromatic rings. The van der Waals surface area contributed by atoms with Crippen molar-refractivity contribution < 1.29 is 32.5 Å². The van der Waals surface area contributed by atoms with Crippen LogP contribution in [0.2, 0.25) is 0 Å². The molecule has 3 rings (SSSR count). The molecule has 0 unspecified atom stereocenters. The minimum Gasteiger partial charge on any atom is -0.404 e. The molecule has 0 spiro atoms. The first-order chi connectivity index (χ1) is 13.8. The number of halogens is 3. The average Bonchev–Trinajstić information content (AvgIpc) is 2.64. The van der Waals surface area contributed by atoms with Crippen LogP contribution in [-0.2, 0) is 16.0 Å². The lowest BCUT2D eigenvalue weighted by Crippen LogP contribution is -2.44. The number of pyridine rings is 2. The molecule has 3 heterocycles. The molecule has 156 valence electrons. The van der Waals surface area contributed by atoms with Crippen molar-refractivity contribution in [2.75, 3.05) is 26.3 Å². The van der Waals surface area contributed by atoms with Crippen molar-refractivity contribution in [1.29, 1.82) is 0 Å². The van der Waals surface area contributed by atoms with Crippen LogP contribution in [0.5, 0.6) is 5.75 Å². The van der Waals surface area contributed by atoms with Gasteiger partial charge in [-0.2, -0.15) is 0 Å². The molecule has 0 bridgehead atoms. The third kappa shape index (κ3) is 6.40. The van der Waals surface area contributed by atoms with Gasteiger partial charge >= 0.3 is 6.36 Å². The van der Waals surface area contributed by atoms with Gasteiger partial charge in [0.25, 0.3) is 0 Å². The van der Waals surface area contributed by atoms with Crippen LogP contribution in [0.4, 0.5) is 13.2 Å². The van der Waals surface area contributed by atoms with Gasteiger partial charge in [0.15, 0.2) is 0 Å². The van der Waals surface area contributed by atoms with Gasteiger partial charge in [-0.25, -0.2) is 0 Å². The van der Waals surface area contributed by atoms with Gasteiger partial charge < -0.3 is 19.5 Å². The van der Waals surface area contributed by atoms with Crippen molar-refractivity contribution in [1.82, 2.24) is 14.9 Å². The summed E-state index contributed by atoms with van der Waals surface area (Å²) in [5.74, 6) is -0.573. The predicted octanol–water partition coefficient (Wildman–Crippen LogP) is 2.13. The van der Waals surface area contributed by atoms with E-state index < -0.39 is 18.2 Å². The molecule has 1 aliphatic heterocycles. The molecule has 1 N–H and O–H groups in total. The number of ether oxygens (including phenoxy) is 2. The van der Waals surface area contributed by atoms with Crippen molar-refractivity contribution in [3.05, 3.63) is 54.1 Å². The molecule has 29 heavy (non-hydrogen) atoms. The lowest BCUT2D eigenvalue weighted by atomic mass is 10.1. The van der Waals surface area contributed by atoms with Crippen LogP contribution >= 0.6 is 0 Å². The first kappa shape index (κ1) is 21.0. The van der Waals surface area contributed by atoms with Gasteiger partial charge in [0.1, 0.15) is 5.75 Å². The van der Waals surface area contributed by atoms with E-state index in [-0.39, 0.29) is 24.8 Å². The van der Waals surface area contributed by atoms with E-state index in [1.807, 2.05) is 0 Å². The van der Waals surface area contributed by atoms with E-state index in [2.05, 4.69) is 14.7 Å². The number of amides is 1. The zero-order valence-corrected chi connectivity index (χ0v) is 15.4. The smallest absolute Gasteiger partial charge is 0.404 e. The number of aliphatic hydroxyl groups excluding tert-OH is 1. The molecule has 1 saturated heterocycles. The zero-order chi connectivity index (χ0) is 20.9. The summed E-state index contributed by atoms with van der Waals surface area (Å²) >= 11 is 0. The molecule has 1 amide bonds. The minimum atomic E-state index is -4.80. The summed E-state index contributed by atoms with van der Waals surface area (Å²) in [7, 11) is 0. The molecule has 2 aromatic heterocycles. The van der Waals surface area contributed by atoms with Crippen LogP contribution in [0.3, 0.4) is 0 Å². The summed E-state index contributed by atoms with van der Waals surface area (Å²) in [5.41, 5.74) is 0.886. The van der Waals surface area contributed by atoms with E-state index >= 15 is 0 Å². The number of hydrogen-bond acceptors (Lipinski definition) is 6. The quantitative estimate of drug-likeness (QED) is 0.717. The Balaban J connectivity index is 1.64. The fourth-order valence-electron chi connectivity index (χ4n) is 2.84. The number of rotatable bonds is 8. The van der Waals surface area contributed by atoms with Crippen LogP contribution in [0, 0.1) is 5.92 Å². The summed E-state index contributed by atoms with van der Waals surface area (Å²) in [6.45, 7) is 1.55. The standard InChI is InChI=1S/C19H20F3N3O4/c20-19(21,22)29-16-4-3-15(24-8-16)6-18(27)25(9-13-11-28-12-13)10-17(26)14-2-1-5-23-7-14/h1-5,7-8,13,17,26H,6,9-12H2/t17-/m1/s1. The average molecular weight is 411 g/mol. The van der Waals surface area contributed by atoms with E-state index in [1.165, 1.54) is 17.2 Å². The molecule has 7 nitrogen and oxygen atoms in total. The van der Waals surface area contributed by atoms with Gasteiger partial charge in [-0.15, -0.1) is 13.2 Å². The number of carbonyl (C=O) groups is 1. The monoisotopic (exact) mass is 411 g/mol. The number of alkyl halides is 3. The van der Waals surface area contributed by atoms with Gasteiger partial charge in [0.05, 0.1) is 38.5 Å². The highest BCUT2D eigenvalue weighted by Gasteiger charge is 2.31. The molecule has 0 saturated carbocycles. The Morgan fingerprint density at radius 3 is 2.66 bits per heavy atom. The van der Waals surface area contributed by atoms with E-state index in [4.69, 9.17) is 4.74 Å². The zero-order valence-electron chi connectivity index (χ0n) is 15.4. The molecule has 1 fully saturated rings. The van der Waals surface area contributed by atoms with Gasteiger partial charge in [0.2, 0.25) is 5.91 Å². The van der Waals surface area contributed by atoms with Crippen molar-refractivity contribution >= 4 is 5.91 Å². The van der Waals surface area contributed by atoms with Gasteiger partial charge in [-0.1, -0.05) is 6.07 Å². The van der Waals surface area contributed by atoms with Crippen LogP contribution in [-0.4, -0.2) is 58.5 Å². The van der Waals surface area contributed by atoms with Crippen LogP contribution in [0.15, 0.2) is 42.9 Å². The number of aliphatic hydroxyl groups is 1. The maximum absolute atomic E-state index is 12.8. The Hall–Kier alpha value is -2.72. The van der Waals surface area contributed by atoms with Crippen LogP contribution in [0.25, 0.3) is 0 Å². The normalized spacial score (nSPS) is 15.4. The van der Waals surface area contributed by atoms with E-state index in [0.717, 1.165) is 12.3 Å². The maximum atomic E-state index is 12.8. The van der Waals surface area contributed by atoms with Crippen molar-refractivity contribution in [3.8, 4) is 5.75 Å². The highest BCUT2D eigenvalue weighted by atomic mass is 19.4. The predicted molar refractivity (Wildman–Crippen MR) is 94.7 cm³/mol.